The van der Waals surface area contributed by atoms with Crippen molar-refractivity contribution in [3.8, 4) is 0 Å². The number of nitrogens with zero attached hydrogens (tertiary/aromatic N) is 2. The van der Waals surface area contributed by atoms with Crippen LogP contribution in [0.25, 0.3) is 0 Å². The first kappa shape index (κ1) is 8.96. The topological polar surface area (TPSA) is 72.3 Å². The summed E-state index contributed by atoms with van der Waals surface area (Å²) < 4.78 is 9.58. The summed E-state index contributed by atoms with van der Waals surface area (Å²) >= 11 is 0. The lowest BCUT2D eigenvalue weighted by atomic mass is 10.1. The highest BCUT2D eigenvalue weighted by Gasteiger charge is 2.15. The minimum atomic E-state index is -0.699. The van der Waals surface area contributed by atoms with Crippen molar-refractivity contribution in [3.05, 3.63) is 35.5 Å². The zero-order chi connectivity index (χ0) is 9.97. The first-order valence-electron chi connectivity index (χ1n) is 4.27. The Labute approximate surface area is 80.3 Å². The maximum absolute atomic E-state index is 9.70. The standard InChI is InChI=1S/C9H10N2O3/c1-6-7(11-14-10-6)5-8(12)9-3-2-4-13-9/h2-4,8,12H,5H2,1H3. The molecule has 0 aliphatic rings. The summed E-state index contributed by atoms with van der Waals surface area (Å²) in [5, 5.41) is 17.0. The van der Waals surface area contributed by atoms with Crippen LogP contribution >= 0.6 is 0 Å². The van der Waals surface area contributed by atoms with Gasteiger partial charge in [-0.2, -0.15) is 0 Å². The third-order valence-electron chi connectivity index (χ3n) is 2.00. The van der Waals surface area contributed by atoms with E-state index in [1.807, 2.05) is 0 Å². The number of furan rings is 1. The first-order chi connectivity index (χ1) is 6.77. The third kappa shape index (κ3) is 1.67. The second kappa shape index (κ2) is 3.63. The summed E-state index contributed by atoms with van der Waals surface area (Å²) in [7, 11) is 0. The van der Waals surface area contributed by atoms with Crippen molar-refractivity contribution in [2.75, 3.05) is 0 Å². The van der Waals surface area contributed by atoms with Crippen LogP contribution in [-0.2, 0) is 6.42 Å². The van der Waals surface area contributed by atoms with Crippen LogP contribution in [0.5, 0.6) is 0 Å². The maximum Gasteiger partial charge on any atom is 0.132 e. The summed E-state index contributed by atoms with van der Waals surface area (Å²) in [4.78, 5) is 0. The average Bonchev–Trinajstić information content (AvgIpc) is 2.77. The molecule has 1 N–H and O–H groups in total. The number of aromatic nitrogens is 2. The van der Waals surface area contributed by atoms with Crippen molar-refractivity contribution in [1.82, 2.24) is 10.3 Å². The molecule has 0 amide bonds. The molecule has 14 heavy (non-hydrogen) atoms. The summed E-state index contributed by atoms with van der Waals surface area (Å²) in [5.41, 5.74) is 1.34. The van der Waals surface area contributed by atoms with Crippen LogP contribution in [0.15, 0.2) is 27.4 Å². The molecule has 0 spiro atoms. The Morgan fingerprint density at radius 1 is 1.50 bits per heavy atom. The molecule has 0 saturated heterocycles. The average molecular weight is 194 g/mol. The number of rotatable bonds is 3. The molecular formula is C9H10N2O3. The fourth-order valence-electron chi connectivity index (χ4n) is 1.20. The van der Waals surface area contributed by atoms with Crippen molar-refractivity contribution < 1.29 is 14.2 Å². The molecule has 2 aromatic heterocycles. The molecule has 0 bridgehead atoms. The van der Waals surface area contributed by atoms with Crippen molar-refractivity contribution in [3.63, 3.8) is 0 Å². The molecule has 0 aromatic carbocycles. The summed E-state index contributed by atoms with van der Waals surface area (Å²) in [6, 6.07) is 3.44. The van der Waals surface area contributed by atoms with Crippen LogP contribution in [0, 0.1) is 6.92 Å². The molecule has 0 saturated carbocycles. The smallest absolute Gasteiger partial charge is 0.132 e. The van der Waals surface area contributed by atoms with Gasteiger partial charge in [-0.3, -0.25) is 0 Å². The quantitative estimate of drug-likeness (QED) is 0.795. The Kier molecular flexibility index (Phi) is 2.32. The van der Waals surface area contributed by atoms with Gasteiger partial charge in [-0.15, -0.1) is 0 Å². The predicted molar refractivity (Wildman–Crippen MR) is 46.4 cm³/mol. The third-order valence-corrected chi connectivity index (χ3v) is 2.00. The van der Waals surface area contributed by atoms with Crippen LogP contribution in [0.4, 0.5) is 0 Å². The molecule has 1 unspecified atom stereocenters. The van der Waals surface area contributed by atoms with E-state index in [-0.39, 0.29) is 0 Å². The molecule has 0 radical (unpaired) electrons. The van der Waals surface area contributed by atoms with E-state index in [1.54, 1.807) is 19.1 Å². The number of aliphatic hydroxyl groups excluding tert-OH is 1. The number of hydrogen-bond acceptors (Lipinski definition) is 5. The number of aryl methyl sites for hydroxylation is 1. The van der Waals surface area contributed by atoms with Crippen LogP contribution in [0.2, 0.25) is 0 Å². The summed E-state index contributed by atoms with van der Waals surface area (Å²) in [5.74, 6) is 0.521. The van der Waals surface area contributed by atoms with Gasteiger partial charge in [-0.1, -0.05) is 10.3 Å². The van der Waals surface area contributed by atoms with Crippen molar-refractivity contribution in [2.24, 2.45) is 0 Å². The van der Waals surface area contributed by atoms with Crippen molar-refractivity contribution in [1.29, 1.82) is 0 Å². The Hall–Kier alpha value is -1.62. The van der Waals surface area contributed by atoms with E-state index in [0.717, 1.165) is 0 Å². The van der Waals surface area contributed by atoms with E-state index in [1.165, 1.54) is 6.26 Å². The minimum absolute atomic E-state index is 0.350. The van der Waals surface area contributed by atoms with Crippen LogP contribution in [0.1, 0.15) is 23.3 Å². The predicted octanol–water partition coefficient (Wildman–Crippen LogP) is 1.25. The SMILES string of the molecule is Cc1nonc1CC(O)c1ccco1. The van der Waals surface area contributed by atoms with E-state index >= 15 is 0 Å². The van der Waals surface area contributed by atoms with E-state index < -0.39 is 6.10 Å². The number of aliphatic hydroxyl groups is 1. The van der Waals surface area contributed by atoms with E-state index in [0.29, 0.717) is 23.6 Å². The van der Waals surface area contributed by atoms with Crippen LogP contribution in [-0.4, -0.2) is 15.4 Å². The van der Waals surface area contributed by atoms with Gasteiger partial charge >= 0.3 is 0 Å². The highest BCUT2D eigenvalue weighted by Crippen LogP contribution is 2.18. The summed E-state index contributed by atoms with van der Waals surface area (Å²) in [6.07, 6.45) is 1.17. The van der Waals surface area contributed by atoms with E-state index in [2.05, 4.69) is 14.9 Å². The molecule has 1 atom stereocenters. The van der Waals surface area contributed by atoms with Crippen molar-refractivity contribution >= 4 is 0 Å². The van der Waals surface area contributed by atoms with Gasteiger partial charge in [-0.05, 0) is 19.1 Å². The second-order valence-corrected chi connectivity index (χ2v) is 3.03. The summed E-state index contributed by atoms with van der Waals surface area (Å²) in [6.45, 7) is 1.78. The fourth-order valence-corrected chi connectivity index (χ4v) is 1.20. The number of hydrogen-bond donors (Lipinski definition) is 1. The van der Waals surface area contributed by atoms with Gasteiger partial charge in [0.15, 0.2) is 0 Å². The molecule has 0 aliphatic carbocycles. The lowest BCUT2D eigenvalue weighted by molar-refractivity contribution is 0.147. The monoisotopic (exact) mass is 194 g/mol. The Balaban J connectivity index is 2.09. The lowest BCUT2D eigenvalue weighted by Gasteiger charge is -2.04. The molecule has 2 aromatic rings. The van der Waals surface area contributed by atoms with Crippen LogP contribution in [0.3, 0.4) is 0 Å². The molecule has 2 heterocycles. The van der Waals surface area contributed by atoms with Gasteiger partial charge in [0.2, 0.25) is 0 Å². The van der Waals surface area contributed by atoms with E-state index in [9.17, 15) is 5.11 Å². The highest BCUT2D eigenvalue weighted by atomic mass is 16.6. The maximum atomic E-state index is 9.70. The van der Waals surface area contributed by atoms with Gasteiger partial charge in [0, 0.05) is 6.42 Å². The Morgan fingerprint density at radius 3 is 2.93 bits per heavy atom. The zero-order valence-electron chi connectivity index (χ0n) is 7.67. The fraction of sp³-hybridized carbons (Fsp3) is 0.333. The molecule has 2 rings (SSSR count). The second-order valence-electron chi connectivity index (χ2n) is 3.03. The molecule has 74 valence electrons. The van der Waals surface area contributed by atoms with Gasteiger partial charge in [0.25, 0.3) is 0 Å². The minimum Gasteiger partial charge on any atom is -0.467 e. The normalized spacial score (nSPS) is 13.0. The van der Waals surface area contributed by atoms with Gasteiger partial charge in [-0.25, -0.2) is 4.63 Å². The van der Waals surface area contributed by atoms with Crippen molar-refractivity contribution in [2.45, 2.75) is 19.4 Å². The van der Waals surface area contributed by atoms with Gasteiger partial charge < -0.3 is 9.52 Å². The molecular weight excluding hydrogens is 184 g/mol. The first-order valence-corrected chi connectivity index (χ1v) is 4.27. The molecule has 5 heteroatoms. The van der Waals surface area contributed by atoms with Crippen LogP contribution < -0.4 is 0 Å². The largest absolute Gasteiger partial charge is 0.467 e. The Morgan fingerprint density at radius 2 is 2.36 bits per heavy atom. The highest BCUT2D eigenvalue weighted by molar-refractivity contribution is 5.10. The van der Waals surface area contributed by atoms with E-state index in [4.69, 9.17) is 4.42 Å². The van der Waals surface area contributed by atoms with Gasteiger partial charge in [0.1, 0.15) is 23.3 Å². The Bertz CT molecular complexity index is 394. The zero-order valence-corrected chi connectivity index (χ0v) is 7.67. The lowest BCUT2D eigenvalue weighted by Crippen LogP contribution is -2.01. The molecule has 0 fully saturated rings. The molecule has 5 nitrogen and oxygen atoms in total. The van der Waals surface area contributed by atoms with Gasteiger partial charge in [0.05, 0.1) is 6.26 Å². The molecule has 0 aliphatic heterocycles.